The third-order valence-corrected chi connectivity index (χ3v) is 11.2. The van der Waals surface area contributed by atoms with E-state index >= 15 is 0 Å². The van der Waals surface area contributed by atoms with Gasteiger partial charge < -0.3 is 9.13 Å². The fourth-order valence-corrected chi connectivity index (χ4v) is 8.70. The summed E-state index contributed by atoms with van der Waals surface area (Å²) in [6, 6.07) is 46.1. The van der Waals surface area contributed by atoms with Gasteiger partial charge in [-0.2, -0.15) is 0 Å². The molecule has 0 spiro atoms. The van der Waals surface area contributed by atoms with Crippen LogP contribution in [-0.2, 0) is 0 Å². The van der Waals surface area contributed by atoms with Gasteiger partial charge in [-0.25, -0.2) is 15.0 Å². The van der Waals surface area contributed by atoms with Crippen molar-refractivity contribution >= 4 is 54.4 Å². The maximum Gasteiger partial charge on any atom is 0.164 e. The van der Waals surface area contributed by atoms with Crippen molar-refractivity contribution in [2.75, 3.05) is 0 Å². The van der Waals surface area contributed by atoms with Crippen molar-refractivity contribution in [2.45, 2.75) is 24.7 Å². The van der Waals surface area contributed by atoms with Gasteiger partial charge in [0.2, 0.25) is 0 Å². The van der Waals surface area contributed by atoms with E-state index in [2.05, 4.69) is 185 Å². The first-order valence-electron chi connectivity index (χ1n) is 18.8. The van der Waals surface area contributed by atoms with Gasteiger partial charge in [-0.05, 0) is 54.6 Å². The fourth-order valence-electron chi connectivity index (χ4n) is 8.70. The number of hydrogen-bond acceptors (Lipinski definition) is 3. The van der Waals surface area contributed by atoms with E-state index in [-0.39, 0.29) is 11.8 Å². The zero-order valence-corrected chi connectivity index (χ0v) is 29.5. The molecule has 0 N–H and O–H groups in total. The minimum atomic E-state index is 0.113. The summed E-state index contributed by atoms with van der Waals surface area (Å²) in [5, 5.41) is 7.20. The molecule has 54 heavy (non-hydrogen) atoms. The van der Waals surface area contributed by atoms with Gasteiger partial charge in [0, 0.05) is 50.0 Å². The molecule has 0 radical (unpaired) electrons. The summed E-state index contributed by atoms with van der Waals surface area (Å²) in [6.07, 6.45) is 19.0. The lowest BCUT2D eigenvalue weighted by atomic mass is 9.97. The lowest BCUT2D eigenvalue weighted by Gasteiger charge is -2.18. The standard InChI is InChI=1S/C49H35N5/c1-4-16-32(17-5-1)47-50-48(33-18-6-2-7-19-33)52-49(51-47)39-26-14-25-36-35(39)24-15-29-42(36)54-41-27-12-10-22-37(41)38-30-31-44-45(46(38)54)40-23-11-13-28-43(40)53(44)34-20-8-3-9-21-34/h1-16,18,20-33H,17,19H2. The van der Waals surface area contributed by atoms with Crippen LogP contribution in [0, 0.1) is 0 Å². The highest BCUT2D eigenvalue weighted by molar-refractivity contribution is 6.26. The second-order valence-corrected chi connectivity index (χ2v) is 14.3. The van der Waals surface area contributed by atoms with Crippen molar-refractivity contribution in [1.82, 2.24) is 24.1 Å². The molecule has 2 aliphatic carbocycles. The number of hydrogen-bond donors (Lipinski definition) is 0. The summed E-state index contributed by atoms with van der Waals surface area (Å²) in [5.41, 5.74) is 8.04. The smallest absolute Gasteiger partial charge is 0.164 e. The zero-order chi connectivity index (χ0) is 35.6. The lowest BCUT2D eigenvalue weighted by molar-refractivity contribution is 0.700. The summed E-state index contributed by atoms with van der Waals surface area (Å²) in [5.74, 6) is 2.60. The molecular formula is C49H35N5. The zero-order valence-electron chi connectivity index (χ0n) is 29.5. The Hall–Kier alpha value is -6.85. The van der Waals surface area contributed by atoms with E-state index < -0.39 is 0 Å². The molecule has 0 saturated carbocycles. The largest absolute Gasteiger partial charge is 0.309 e. The first-order chi connectivity index (χ1) is 26.8. The summed E-state index contributed by atoms with van der Waals surface area (Å²) < 4.78 is 4.89. The van der Waals surface area contributed by atoms with E-state index in [1.54, 1.807) is 0 Å². The minimum Gasteiger partial charge on any atom is -0.309 e. The van der Waals surface area contributed by atoms with Crippen LogP contribution in [-0.4, -0.2) is 24.1 Å². The number of nitrogens with zero attached hydrogens (tertiary/aromatic N) is 5. The molecule has 0 aliphatic heterocycles. The van der Waals surface area contributed by atoms with Crippen LogP contribution in [0.5, 0.6) is 0 Å². The van der Waals surface area contributed by atoms with Crippen LogP contribution in [0.4, 0.5) is 0 Å². The monoisotopic (exact) mass is 693 g/mol. The first kappa shape index (κ1) is 30.7. The number of rotatable bonds is 5. The molecule has 256 valence electrons. The summed E-state index contributed by atoms with van der Waals surface area (Å²) in [4.78, 5) is 15.5. The Morgan fingerprint density at radius 2 is 1.07 bits per heavy atom. The highest BCUT2D eigenvalue weighted by Crippen LogP contribution is 2.43. The van der Waals surface area contributed by atoms with Crippen molar-refractivity contribution in [3.63, 3.8) is 0 Å². The summed E-state index contributed by atoms with van der Waals surface area (Å²) in [6.45, 7) is 0. The molecule has 2 aliphatic rings. The molecular weight excluding hydrogens is 659 g/mol. The SMILES string of the molecule is C1=CCC(c2nc(-c3cccc4c(-n5c6ccccc6c6ccc7c(c8ccccc8n7-c7ccccc7)c65)cccc34)nc(C3C=CC=CC3)n2)C=C1. The Labute approximate surface area is 312 Å². The maximum absolute atomic E-state index is 5.21. The molecule has 0 saturated heterocycles. The van der Waals surface area contributed by atoms with Gasteiger partial charge >= 0.3 is 0 Å². The van der Waals surface area contributed by atoms with Gasteiger partial charge in [-0.1, -0.05) is 140 Å². The molecule has 5 nitrogen and oxygen atoms in total. The molecule has 6 aromatic carbocycles. The van der Waals surface area contributed by atoms with E-state index in [0.717, 1.165) is 58.0 Å². The van der Waals surface area contributed by atoms with Gasteiger partial charge in [0.05, 0.1) is 27.8 Å². The van der Waals surface area contributed by atoms with Crippen LogP contribution >= 0.6 is 0 Å². The minimum absolute atomic E-state index is 0.113. The molecule has 2 atom stereocenters. The highest BCUT2D eigenvalue weighted by Gasteiger charge is 2.24. The molecule has 2 unspecified atom stereocenters. The first-order valence-corrected chi connectivity index (χ1v) is 18.8. The molecule has 9 aromatic rings. The van der Waals surface area contributed by atoms with E-state index in [1.165, 1.54) is 43.6 Å². The average molecular weight is 694 g/mol. The quantitative estimate of drug-likeness (QED) is 0.180. The summed E-state index contributed by atoms with van der Waals surface area (Å²) in [7, 11) is 0. The molecule has 5 heteroatoms. The second-order valence-electron chi connectivity index (χ2n) is 14.3. The number of benzene rings is 6. The van der Waals surface area contributed by atoms with E-state index in [4.69, 9.17) is 15.0 Å². The number of fused-ring (bicyclic) bond motifs is 8. The lowest BCUT2D eigenvalue weighted by Crippen LogP contribution is -2.12. The Bertz CT molecular complexity index is 3020. The van der Waals surface area contributed by atoms with Gasteiger partial charge in [0.25, 0.3) is 0 Å². The van der Waals surface area contributed by atoms with Gasteiger partial charge in [0.1, 0.15) is 11.6 Å². The van der Waals surface area contributed by atoms with Crippen LogP contribution < -0.4 is 0 Å². The molecule has 3 aromatic heterocycles. The van der Waals surface area contributed by atoms with E-state index in [1.807, 2.05) is 0 Å². The molecule has 0 fully saturated rings. The Kier molecular flexibility index (Phi) is 7.05. The van der Waals surface area contributed by atoms with Crippen molar-refractivity contribution < 1.29 is 0 Å². The average Bonchev–Trinajstić information content (AvgIpc) is 3.77. The summed E-state index contributed by atoms with van der Waals surface area (Å²) >= 11 is 0. The Morgan fingerprint density at radius 3 is 1.80 bits per heavy atom. The maximum atomic E-state index is 5.21. The predicted octanol–water partition coefficient (Wildman–Crippen LogP) is 12.1. The van der Waals surface area contributed by atoms with Crippen LogP contribution in [0.15, 0.2) is 176 Å². The topological polar surface area (TPSA) is 48.5 Å². The van der Waals surface area contributed by atoms with Crippen LogP contribution in [0.1, 0.15) is 36.3 Å². The third-order valence-electron chi connectivity index (χ3n) is 11.2. The van der Waals surface area contributed by atoms with Crippen LogP contribution in [0.3, 0.4) is 0 Å². The molecule has 0 bridgehead atoms. The third kappa shape index (κ3) is 4.75. The van der Waals surface area contributed by atoms with Crippen molar-refractivity contribution in [3.05, 3.63) is 188 Å². The van der Waals surface area contributed by atoms with E-state index in [9.17, 15) is 0 Å². The molecule has 3 heterocycles. The number of para-hydroxylation sites is 3. The Balaban J connectivity index is 1.19. The second kappa shape index (κ2) is 12.4. The van der Waals surface area contributed by atoms with Crippen molar-refractivity contribution in [3.8, 4) is 22.8 Å². The van der Waals surface area contributed by atoms with Gasteiger partial charge in [-0.3, -0.25) is 0 Å². The van der Waals surface area contributed by atoms with Gasteiger partial charge in [-0.15, -0.1) is 0 Å². The highest BCUT2D eigenvalue weighted by atomic mass is 15.0. The number of allylic oxidation sites excluding steroid dienone is 8. The van der Waals surface area contributed by atoms with Gasteiger partial charge in [0.15, 0.2) is 5.82 Å². The normalized spacial score (nSPS) is 16.8. The number of aromatic nitrogens is 5. The van der Waals surface area contributed by atoms with Crippen LogP contribution in [0.2, 0.25) is 0 Å². The van der Waals surface area contributed by atoms with Crippen molar-refractivity contribution in [2.24, 2.45) is 0 Å². The molecule has 0 amide bonds. The van der Waals surface area contributed by atoms with Crippen molar-refractivity contribution in [1.29, 1.82) is 0 Å². The van der Waals surface area contributed by atoms with Crippen LogP contribution in [0.25, 0.3) is 77.1 Å². The Morgan fingerprint density at radius 1 is 0.444 bits per heavy atom. The predicted molar refractivity (Wildman–Crippen MR) is 223 cm³/mol. The van der Waals surface area contributed by atoms with E-state index in [0.29, 0.717) is 0 Å². The molecule has 11 rings (SSSR count). The fraction of sp³-hybridized carbons (Fsp3) is 0.0816.